The molecule has 6 heteroatoms. The van der Waals surface area contributed by atoms with Gasteiger partial charge in [-0.2, -0.15) is 0 Å². The number of esters is 3. The van der Waals surface area contributed by atoms with Crippen LogP contribution < -0.4 is 0 Å². The lowest BCUT2D eigenvalue weighted by atomic mass is 10.1. The first-order valence-electron chi connectivity index (χ1n) is 28.7. The predicted octanol–water partition coefficient (Wildman–Crippen LogP) is 19.4. The predicted molar refractivity (Wildman–Crippen MR) is 306 cm³/mol. The summed E-state index contributed by atoms with van der Waals surface area (Å²) in [5, 5.41) is 0. The molecule has 400 valence electrons. The van der Waals surface area contributed by atoms with Crippen LogP contribution in [-0.4, -0.2) is 37.2 Å². The van der Waals surface area contributed by atoms with Crippen LogP contribution in [0.5, 0.6) is 0 Å². The highest BCUT2D eigenvalue weighted by molar-refractivity contribution is 5.71. The molecule has 6 nitrogen and oxygen atoms in total. The first kappa shape index (κ1) is 66.6. The van der Waals surface area contributed by atoms with Crippen LogP contribution in [0.3, 0.4) is 0 Å². The highest BCUT2D eigenvalue weighted by atomic mass is 16.6. The lowest BCUT2D eigenvalue weighted by Crippen LogP contribution is -2.30. The van der Waals surface area contributed by atoms with E-state index in [9.17, 15) is 14.4 Å². The minimum Gasteiger partial charge on any atom is -0.462 e. The largest absolute Gasteiger partial charge is 0.462 e. The van der Waals surface area contributed by atoms with Gasteiger partial charge >= 0.3 is 17.9 Å². The lowest BCUT2D eigenvalue weighted by Gasteiger charge is -2.18. The highest BCUT2D eigenvalue weighted by Gasteiger charge is 2.19. The quantitative estimate of drug-likeness (QED) is 0.0262. The molecule has 0 rings (SSSR count). The van der Waals surface area contributed by atoms with Crippen molar-refractivity contribution in [1.29, 1.82) is 0 Å². The van der Waals surface area contributed by atoms with Gasteiger partial charge in [-0.05, 0) is 122 Å². The summed E-state index contributed by atoms with van der Waals surface area (Å²) in [4.78, 5) is 38.1. The Bertz CT molecular complexity index is 1550. The molecular weight excluding hydrogens is 877 g/mol. The second-order valence-electron chi connectivity index (χ2n) is 18.5. The van der Waals surface area contributed by atoms with Gasteiger partial charge in [0.25, 0.3) is 0 Å². The van der Waals surface area contributed by atoms with Crippen molar-refractivity contribution in [2.24, 2.45) is 0 Å². The van der Waals surface area contributed by atoms with Crippen molar-refractivity contribution in [1.82, 2.24) is 0 Å². The van der Waals surface area contributed by atoms with Gasteiger partial charge in [0, 0.05) is 19.3 Å². The van der Waals surface area contributed by atoms with Crippen LogP contribution in [0, 0.1) is 0 Å². The molecule has 0 heterocycles. The van der Waals surface area contributed by atoms with Crippen molar-refractivity contribution in [3.63, 3.8) is 0 Å². The molecule has 0 radical (unpaired) electrons. The van der Waals surface area contributed by atoms with Crippen LogP contribution >= 0.6 is 0 Å². The maximum Gasteiger partial charge on any atom is 0.306 e. The number of hydrogen-bond donors (Lipinski definition) is 0. The summed E-state index contributed by atoms with van der Waals surface area (Å²) in [6.45, 7) is 6.37. The van der Waals surface area contributed by atoms with Crippen molar-refractivity contribution in [3.8, 4) is 0 Å². The summed E-state index contributed by atoms with van der Waals surface area (Å²) in [5.41, 5.74) is 0. The molecule has 0 spiro atoms. The molecule has 0 fully saturated rings. The van der Waals surface area contributed by atoms with E-state index in [1.54, 1.807) is 0 Å². The van der Waals surface area contributed by atoms with E-state index < -0.39 is 12.1 Å². The van der Waals surface area contributed by atoms with Gasteiger partial charge in [-0.3, -0.25) is 14.4 Å². The molecule has 0 bridgehead atoms. The number of rotatable bonds is 50. The van der Waals surface area contributed by atoms with Gasteiger partial charge in [-0.1, -0.05) is 231 Å². The van der Waals surface area contributed by atoms with E-state index >= 15 is 0 Å². The number of unbranched alkanes of at least 4 members (excludes halogenated alkanes) is 17. The summed E-state index contributed by atoms with van der Waals surface area (Å²) >= 11 is 0. The monoisotopic (exact) mass is 981 g/mol. The molecule has 0 aliphatic carbocycles. The Kier molecular flexibility index (Phi) is 54.5. The molecule has 0 aromatic heterocycles. The highest BCUT2D eigenvalue weighted by Crippen LogP contribution is 2.13. The third-order valence-electron chi connectivity index (χ3n) is 11.6. The first-order valence-corrected chi connectivity index (χ1v) is 28.7. The number of hydrogen-bond acceptors (Lipinski definition) is 6. The second-order valence-corrected chi connectivity index (χ2v) is 18.5. The molecule has 0 aliphatic rings. The molecule has 0 aliphatic heterocycles. The van der Waals surface area contributed by atoms with Gasteiger partial charge in [0.1, 0.15) is 13.2 Å². The van der Waals surface area contributed by atoms with Crippen molar-refractivity contribution < 1.29 is 28.6 Å². The normalized spacial score (nSPS) is 13.1. The van der Waals surface area contributed by atoms with E-state index in [2.05, 4.69) is 142 Å². The SMILES string of the molecule is CC/C=C\C/C=C\C/C=C\C/C=C\C/C=C\C/C=C\CCC(=O)O[C@@H](COC(=O)CCC/C=C\C/C=C\C/C=C\CCCCCCCC)COC(=O)CCCCCCCCC/C=C\C/C=C\CCCCC. The Morgan fingerprint density at radius 1 is 0.296 bits per heavy atom. The van der Waals surface area contributed by atoms with Gasteiger partial charge in [-0.25, -0.2) is 0 Å². The van der Waals surface area contributed by atoms with Crippen LogP contribution in [0.15, 0.2) is 134 Å². The minimum absolute atomic E-state index is 0.132. The summed E-state index contributed by atoms with van der Waals surface area (Å²) < 4.78 is 16.7. The standard InChI is InChI=1S/C65H104O6/c1-4-7-10-13-16-19-22-25-28-31-32-35-38-41-44-47-50-53-56-59-65(68)71-62(60-69-63(66)57-54-51-48-45-42-39-36-33-29-26-23-20-17-14-11-8-5-2)61-70-64(67)58-55-52-49-46-43-40-37-34-30-27-24-21-18-15-12-9-6-3/h7,10,16-17,19-20,25-30,32,35,37,40-41,44,46,49-50,53,62H,4-6,8-9,11-15,18,21-24,31,33-34,36,38-39,42-43,45,47-48,51-52,54-61H2,1-3H3/b10-7-,19-16-,20-17-,28-25-,29-26-,30-27-,35-32-,40-37-,44-41-,49-46-,53-50-/t62-/m1/s1. The Morgan fingerprint density at radius 3 is 1.00 bits per heavy atom. The zero-order valence-corrected chi connectivity index (χ0v) is 45.7. The number of carbonyl (C=O) groups is 3. The van der Waals surface area contributed by atoms with Crippen molar-refractivity contribution in [2.45, 2.75) is 245 Å². The fourth-order valence-electron chi connectivity index (χ4n) is 7.34. The molecule has 0 aromatic rings. The second kappa shape index (κ2) is 58.1. The number of carbonyl (C=O) groups excluding carboxylic acids is 3. The topological polar surface area (TPSA) is 78.9 Å². The maximum absolute atomic E-state index is 12.8. The fourth-order valence-corrected chi connectivity index (χ4v) is 7.34. The van der Waals surface area contributed by atoms with Gasteiger partial charge < -0.3 is 14.2 Å². The van der Waals surface area contributed by atoms with E-state index in [-0.39, 0.29) is 38.0 Å². The number of ether oxygens (including phenoxy) is 3. The maximum atomic E-state index is 12.8. The van der Waals surface area contributed by atoms with Gasteiger partial charge in [0.2, 0.25) is 0 Å². The Morgan fingerprint density at radius 2 is 0.592 bits per heavy atom. The molecule has 0 saturated carbocycles. The molecule has 0 N–H and O–H groups in total. The molecule has 0 saturated heterocycles. The van der Waals surface area contributed by atoms with Gasteiger partial charge in [0.05, 0.1) is 0 Å². The third kappa shape index (κ3) is 56.3. The minimum atomic E-state index is -0.848. The molecule has 71 heavy (non-hydrogen) atoms. The Balaban J connectivity index is 4.61. The third-order valence-corrected chi connectivity index (χ3v) is 11.6. The zero-order chi connectivity index (χ0) is 51.4. The Labute approximate surface area is 436 Å². The van der Waals surface area contributed by atoms with Crippen LogP contribution in [0.25, 0.3) is 0 Å². The molecular formula is C65H104O6. The molecule has 1 atom stereocenters. The van der Waals surface area contributed by atoms with Crippen molar-refractivity contribution in [3.05, 3.63) is 134 Å². The fraction of sp³-hybridized carbons (Fsp3) is 0.615. The summed E-state index contributed by atoms with van der Waals surface area (Å²) in [5.74, 6) is -1.08. The van der Waals surface area contributed by atoms with Gasteiger partial charge in [-0.15, -0.1) is 0 Å². The molecule has 0 unspecified atom stereocenters. The van der Waals surface area contributed by atoms with Crippen LogP contribution in [-0.2, 0) is 28.6 Å². The molecule has 0 amide bonds. The smallest absolute Gasteiger partial charge is 0.306 e. The van der Waals surface area contributed by atoms with Crippen LogP contribution in [0.1, 0.15) is 239 Å². The number of allylic oxidation sites excluding steroid dienone is 22. The lowest BCUT2D eigenvalue weighted by molar-refractivity contribution is -0.166. The summed E-state index contributed by atoms with van der Waals surface area (Å²) in [6, 6.07) is 0. The summed E-state index contributed by atoms with van der Waals surface area (Å²) in [6.07, 6.45) is 81.7. The molecule has 0 aromatic carbocycles. The zero-order valence-electron chi connectivity index (χ0n) is 45.7. The first-order chi connectivity index (χ1) is 35.0. The average Bonchev–Trinajstić information content (AvgIpc) is 3.37. The van der Waals surface area contributed by atoms with E-state index in [1.807, 2.05) is 12.2 Å². The summed E-state index contributed by atoms with van der Waals surface area (Å²) in [7, 11) is 0. The van der Waals surface area contributed by atoms with E-state index in [0.29, 0.717) is 19.3 Å². The van der Waals surface area contributed by atoms with Crippen LogP contribution in [0.2, 0.25) is 0 Å². The van der Waals surface area contributed by atoms with Gasteiger partial charge in [0.15, 0.2) is 6.10 Å². The van der Waals surface area contributed by atoms with Crippen LogP contribution in [0.4, 0.5) is 0 Å². The Hall–Kier alpha value is -4.45. The van der Waals surface area contributed by atoms with E-state index in [4.69, 9.17) is 14.2 Å². The van der Waals surface area contributed by atoms with E-state index in [0.717, 1.165) is 89.9 Å². The van der Waals surface area contributed by atoms with Crippen molar-refractivity contribution >= 4 is 17.9 Å². The average molecular weight is 982 g/mol. The van der Waals surface area contributed by atoms with Crippen molar-refractivity contribution in [2.75, 3.05) is 13.2 Å². The van der Waals surface area contributed by atoms with E-state index in [1.165, 1.54) is 96.3 Å².